The number of alkyl halides is 5. The van der Waals surface area contributed by atoms with Gasteiger partial charge in [0.2, 0.25) is 0 Å². The minimum Gasteiger partial charge on any atom is -0.403 e. The summed E-state index contributed by atoms with van der Waals surface area (Å²) in [5.41, 5.74) is -0.000155. The molecule has 1 aliphatic rings. The Kier molecular flexibility index (Phi) is 7.80. The highest BCUT2D eigenvalue weighted by Gasteiger charge is 2.36. The second-order valence-electron chi connectivity index (χ2n) is 7.20. The zero-order valence-electron chi connectivity index (χ0n) is 15.4. The Balaban J connectivity index is 1.81. The second kappa shape index (κ2) is 9.67. The fourth-order valence-electron chi connectivity index (χ4n) is 3.50. The molecule has 0 amide bonds. The first-order valence-corrected chi connectivity index (χ1v) is 9.25. The third-order valence-corrected chi connectivity index (χ3v) is 4.94. The molecule has 8 heteroatoms. The van der Waals surface area contributed by atoms with Crippen LogP contribution in [-0.2, 0) is 11.3 Å². The molecule has 28 heavy (non-hydrogen) atoms. The number of halogens is 6. The van der Waals surface area contributed by atoms with Crippen LogP contribution in [0.3, 0.4) is 0 Å². The monoisotopic (exact) mass is 410 g/mol. The van der Waals surface area contributed by atoms with Crippen molar-refractivity contribution in [1.29, 1.82) is 0 Å². The van der Waals surface area contributed by atoms with Gasteiger partial charge in [0.15, 0.2) is 11.6 Å². The Bertz CT molecular complexity index is 636. The first-order chi connectivity index (χ1) is 13.1. The van der Waals surface area contributed by atoms with E-state index in [1.54, 1.807) is 0 Å². The van der Waals surface area contributed by atoms with Gasteiger partial charge in [0.1, 0.15) is 0 Å². The molecule has 0 saturated heterocycles. The predicted molar refractivity (Wildman–Crippen MR) is 92.3 cm³/mol. The fraction of sp³-hybridized carbons (Fsp3) is 0.600. The van der Waals surface area contributed by atoms with Crippen molar-refractivity contribution in [2.24, 2.45) is 11.8 Å². The van der Waals surface area contributed by atoms with Crippen LogP contribution < -0.4 is 4.74 Å². The average Bonchev–Trinajstić information content (AvgIpc) is 2.60. The molecule has 1 fully saturated rings. The minimum absolute atomic E-state index is 0.000155. The molecule has 0 unspecified atom stereocenters. The maximum absolute atomic E-state index is 14.1. The summed E-state index contributed by atoms with van der Waals surface area (Å²) in [6.45, 7) is 3.08. The van der Waals surface area contributed by atoms with Crippen LogP contribution in [0.1, 0.15) is 50.5 Å². The van der Waals surface area contributed by atoms with E-state index in [0.29, 0.717) is 24.8 Å². The van der Waals surface area contributed by atoms with Crippen molar-refractivity contribution in [1.82, 2.24) is 0 Å². The third-order valence-electron chi connectivity index (χ3n) is 4.94. The number of rotatable bonds is 9. The quantitative estimate of drug-likeness (QED) is 0.322. The van der Waals surface area contributed by atoms with Gasteiger partial charge >= 0.3 is 12.5 Å². The van der Waals surface area contributed by atoms with Gasteiger partial charge in [-0.3, -0.25) is 0 Å². The lowest BCUT2D eigenvalue weighted by molar-refractivity contribution is -0.275. The lowest BCUT2D eigenvalue weighted by Gasteiger charge is -2.30. The molecule has 0 aliphatic heterocycles. The van der Waals surface area contributed by atoms with E-state index < -0.39 is 37.1 Å². The van der Waals surface area contributed by atoms with Gasteiger partial charge in [-0.05, 0) is 55.2 Å². The molecule has 0 spiro atoms. The second-order valence-corrected chi connectivity index (χ2v) is 7.20. The van der Waals surface area contributed by atoms with Crippen molar-refractivity contribution in [2.45, 2.75) is 64.0 Å². The molecule has 0 aromatic heterocycles. The molecule has 0 radical (unpaired) electrons. The van der Waals surface area contributed by atoms with Crippen molar-refractivity contribution < 1.29 is 35.8 Å². The fourth-order valence-corrected chi connectivity index (χ4v) is 3.50. The Morgan fingerprint density at radius 1 is 1.04 bits per heavy atom. The molecule has 2 nitrogen and oxygen atoms in total. The normalized spacial score (nSPS) is 20.8. The van der Waals surface area contributed by atoms with Crippen LogP contribution >= 0.6 is 0 Å². The van der Waals surface area contributed by atoms with Crippen LogP contribution in [0.4, 0.5) is 26.3 Å². The molecular weight excluding hydrogens is 386 g/mol. The van der Waals surface area contributed by atoms with Gasteiger partial charge in [-0.15, -0.1) is 19.8 Å². The highest BCUT2D eigenvalue weighted by atomic mass is 19.4. The summed E-state index contributed by atoms with van der Waals surface area (Å²) < 4.78 is 86.3. The maximum atomic E-state index is 14.1. The van der Waals surface area contributed by atoms with Gasteiger partial charge in [0.25, 0.3) is 0 Å². The highest BCUT2D eigenvalue weighted by molar-refractivity contribution is 5.29. The number of ether oxygens (including phenoxy) is 2. The van der Waals surface area contributed by atoms with E-state index in [-0.39, 0.29) is 11.5 Å². The Morgan fingerprint density at radius 2 is 1.68 bits per heavy atom. The van der Waals surface area contributed by atoms with Crippen LogP contribution in [0, 0.1) is 17.7 Å². The van der Waals surface area contributed by atoms with E-state index in [0.717, 1.165) is 37.8 Å². The Labute approximate surface area is 160 Å². The van der Waals surface area contributed by atoms with Crippen molar-refractivity contribution in [3.05, 3.63) is 42.2 Å². The van der Waals surface area contributed by atoms with Gasteiger partial charge in [-0.1, -0.05) is 25.0 Å². The van der Waals surface area contributed by atoms with Gasteiger partial charge in [-0.25, -0.2) is 4.39 Å². The lowest BCUT2D eigenvalue weighted by Crippen LogP contribution is -2.27. The molecule has 158 valence electrons. The molecule has 1 saturated carbocycles. The van der Waals surface area contributed by atoms with Crippen molar-refractivity contribution in [2.75, 3.05) is 0 Å². The lowest BCUT2D eigenvalue weighted by atomic mass is 9.78. The first-order valence-electron chi connectivity index (χ1n) is 9.25. The predicted octanol–water partition coefficient (Wildman–Crippen LogP) is 7.00. The molecule has 1 aromatic carbocycles. The SMILES string of the molecule is C=CCC[C@H]1CC[C@H](CC(F)(F)OCc2ccc(OC(F)(F)F)c(F)c2)CC1. The largest absolute Gasteiger partial charge is 0.573 e. The summed E-state index contributed by atoms with van der Waals surface area (Å²) in [4.78, 5) is 0. The van der Waals surface area contributed by atoms with E-state index in [4.69, 9.17) is 0 Å². The summed E-state index contributed by atoms with van der Waals surface area (Å²) in [5, 5.41) is 0. The van der Waals surface area contributed by atoms with Crippen LogP contribution in [-0.4, -0.2) is 12.5 Å². The third kappa shape index (κ3) is 7.73. The average molecular weight is 410 g/mol. The minimum atomic E-state index is -5.03. The van der Waals surface area contributed by atoms with E-state index in [2.05, 4.69) is 16.1 Å². The Hall–Kier alpha value is -1.70. The van der Waals surface area contributed by atoms with Crippen LogP contribution in [0.25, 0.3) is 0 Å². The van der Waals surface area contributed by atoms with Crippen LogP contribution in [0.5, 0.6) is 5.75 Å². The topological polar surface area (TPSA) is 18.5 Å². The number of benzene rings is 1. The van der Waals surface area contributed by atoms with Crippen LogP contribution in [0.2, 0.25) is 0 Å². The zero-order valence-corrected chi connectivity index (χ0v) is 15.4. The molecule has 1 aliphatic carbocycles. The highest BCUT2D eigenvalue weighted by Crippen LogP contribution is 2.38. The van der Waals surface area contributed by atoms with E-state index >= 15 is 0 Å². The van der Waals surface area contributed by atoms with Crippen molar-refractivity contribution in [3.8, 4) is 5.75 Å². The summed E-state index contributed by atoms with van der Waals surface area (Å²) in [6.07, 6.45) is -1.79. The summed E-state index contributed by atoms with van der Waals surface area (Å²) in [6, 6.07) is 2.50. The summed E-state index contributed by atoms with van der Waals surface area (Å²) >= 11 is 0. The molecule has 2 rings (SSSR count). The molecular formula is C20H24F6O2. The Morgan fingerprint density at radius 3 is 2.25 bits per heavy atom. The summed E-state index contributed by atoms with van der Waals surface area (Å²) in [5.74, 6) is -1.91. The number of hydrogen-bond acceptors (Lipinski definition) is 2. The number of hydrogen-bond donors (Lipinski definition) is 0. The van der Waals surface area contributed by atoms with Gasteiger partial charge in [0.05, 0.1) is 6.61 Å². The summed E-state index contributed by atoms with van der Waals surface area (Å²) in [7, 11) is 0. The van der Waals surface area contributed by atoms with Gasteiger partial charge in [0, 0.05) is 6.42 Å². The molecule has 0 heterocycles. The number of allylic oxidation sites excluding steroid dienone is 1. The van der Waals surface area contributed by atoms with Crippen molar-refractivity contribution in [3.63, 3.8) is 0 Å². The smallest absolute Gasteiger partial charge is 0.403 e. The molecule has 0 N–H and O–H groups in total. The van der Waals surface area contributed by atoms with E-state index in [1.807, 2.05) is 6.08 Å². The zero-order chi connectivity index (χ0) is 20.8. The van der Waals surface area contributed by atoms with E-state index in [9.17, 15) is 26.3 Å². The molecule has 0 atom stereocenters. The first kappa shape index (κ1) is 22.6. The molecule has 1 aromatic rings. The molecule has 0 bridgehead atoms. The van der Waals surface area contributed by atoms with Gasteiger partial charge < -0.3 is 9.47 Å². The van der Waals surface area contributed by atoms with Crippen LogP contribution in [0.15, 0.2) is 30.9 Å². The van der Waals surface area contributed by atoms with Gasteiger partial charge in [-0.2, -0.15) is 8.78 Å². The van der Waals surface area contributed by atoms with Crippen molar-refractivity contribution >= 4 is 0 Å². The maximum Gasteiger partial charge on any atom is 0.573 e. The van der Waals surface area contributed by atoms with E-state index in [1.165, 1.54) is 0 Å². The standard InChI is InChI=1S/C20H24F6O2/c1-2-3-4-14-5-7-15(8-6-14)12-19(22,23)27-13-16-9-10-18(17(21)11-16)28-20(24,25)26/h2,9-11,14-15H,1,3-8,12-13H2/t14-,15-.